The van der Waals surface area contributed by atoms with Crippen molar-refractivity contribution in [2.75, 3.05) is 0 Å². The molecule has 3 heteroatoms. The Morgan fingerprint density at radius 2 is 1.32 bits per heavy atom. The SMILES string of the molecule is CC1=[C](/[Zr+2](=[C](\C)c2ccc(C)cc2)[c]2c(C(C)(C)C)ccc3c2Cc2cc(C(C)(C)C)ccc2-3)C(C)C=C1C(C)(C)C.[Cl-].[Cl-]. The van der Waals surface area contributed by atoms with Crippen LogP contribution in [-0.2, 0) is 38.5 Å². The summed E-state index contributed by atoms with van der Waals surface area (Å²) in [4.78, 5) is 0. The largest absolute Gasteiger partial charge is 1.00 e. The quantitative estimate of drug-likeness (QED) is 0.294. The molecule has 0 bridgehead atoms. The Morgan fingerprint density at radius 1 is 0.727 bits per heavy atom. The number of hydrogen-bond donors (Lipinski definition) is 0. The van der Waals surface area contributed by atoms with Crippen LogP contribution in [0.1, 0.15) is 116 Å². The average Bonchev–Trinajstić information content (AvgIpc) is 3.40. The van der Waals surface area contributed by atoms with Gasteiger partial charge >= 0.3 is 266 Å². The number of halogens is 2. The molecule has 3 aromatic carbocycles. The van der Waals surface area contributed by atoms with Gasteiger partial charge in [0.15, 0.2) is 0 Å². The molecular formula is C41H52Cl2Zr. The van der Waals surface area contributed by atoms with E-state index in [9.17, 15) is 0 Å². The minimum atomic E-state index is -2.68. The summed E-state index contributed by atoms with van der Waals surface area (Å²) in [5.41, 5.74) is 15.4. The van der Waals surface area contributed by atoms with E-state index in [4.69, 9.17) is 0 Å². The van der Waals surface area contributed by atoms with Gasteiger partial charge in [-0.1, -0.05) is 0 Å². The Balaban J connectivity index is 0.00000264. The van der Waals surface area contributed by atoms with Gasteiger partial charge < -0.3 is 24.8 Å². The molecule has 0 saturated heterocycles. The normalized spacial score (nSPS) is 16.5. The molecule has 0 saturated carbocycles. The summed E-state index contributed by atoms with van der Waals surface area (Å²) >= 11 is -2.68. The molecule has 0 spiro atoms. The topological polar surface area (TPSA) is 0 Å². The van der Waals surface area contributed by atoms with Gasteiger partial charge in [0.2, 0.25) is 0 Å². The zero-order chi connectivity index (χ0) is 30.9. The first kappa shape index (κ1) is 36.9. The summed E-state index contributed by atoms with van der Waals surface area (Å²) in [6, 6.07) is 21.7. The maximum Gasteiger partial charge on any atom is -1.00 e. The smallest absolute Gasteiger partial charge is 1.00 e. The number of fused-ring (bicyclic) bond motifs is 3. The Bertz CT molecular complexity index is 1660. The van der Waals surface area contributed by atoms with Crippen molar-refractivity contribution in [3.8, 4) is 11.1 Å². The fourth-order valence-corrected chi connectivity index (χ4v) is 16.7. The second kappa shape index (κ2) is 12.9. The van der Waals surface area contributed by atoms with Gasteiger partial charge in [0.1, 0.15) is 0 Å². The molecule has 5 rings (SSSR count). The van der Waals surface area contributed by atoms with E-state index in [1.54, 1.807) is 32.0 Å². The van der Waals surface area contributed by atoms with E-state index >= 15 is 0 Å². The molecule has 0 aliphatic heterocycles. The summed E-state index contributed by atoms with van der Waals surface area (Å²) in [6.07, 6.45) is 3.66. The average molecular weight is 707 g/mol. The van der Waals surface area contributed by atoms with Crippen LogP contribution in [0.25, 0.3) is 11.1 Å². The molecule has 0 amide bonds. The summed E-state index contributed by atoms with van der Waals surface area (Å²) < 4.78 is 5.19. The number of rotatable bonds is 3. The molecule has 2 aliphatic rings. The molecule has 0 aromatic heterocycles. The number of hydrogen-bond acceptors (Lipinski definition) is 0. The van der Waals surface area contributed by atoms with Crippen LogP contribution in [0, 0.1) is 18.3 Å². The Labute approximate surface area is 288 Å². The van der Waals surface area contributed by atoms with Gasteiger partial charge in [0.05, 0.1) is 0 Å². The first-order chi connectivity index (χ1) is 19.4. The number of allylic oxidation sites excluding steroid dienone is 4. The van der Waals surface area contributed by atoms with Gasteiger partial charge in [-0.05, 0) is 0 Å². The molecule has 0 N–H and O–H groups in total. The van der Waals surface area contributed by atoms with Gasteiger partial charge in [0.25, 0.3) is 0 Å². The molecule has 3 aromatic rings. The van der Waals surface area contributed by atoms with Gasteiger partial charge in [-0.25, -0.2) is 0 Å². The third-order valence-corrected chi connectivity index (χ3v) is 18.2. The second-order valence-electron chi connectivity index (χ2n) is 16.1. The van der Waals surface area contributed by atoms with Crippen LogP contribution >= 0.6 is 0 Å². The van der Waals surface area contributed by atoms with E-state index in [2.05, 4.69) is 151 Å². The summed E-state index contributed by atoms with van der Waals surface area (Å²) in [5.74, 6) is 0.481. The Morgan fingerprint density at radius 3 is 1.84 bits per heavy atom. The van der Waals surface area contributed by atoms with Crippen molar-refractivity contribution in [3.05, 3.63) is 108 Å². The first-order valence-electron chi connectivity index (χ1n) is 15.9. The van der Waals surface area contributed by atoms with E-state index in [1.165, 1.54) is 33.4 Å². The van der Waals surface area contributed by atoms with Crippen molar-refractivity contribution in [2.45, 2.75) is 107 Å². The van der Waals surface area contributed by atoms with E-state index in [0.29, 0.717) is 5.92 Å². The molecule has 0 fully saturated rings. The van der Waals surface area contributed by atoms with Crippen molar-refractivity contribution in [3.63, 3.8) is 0 Å². The minimum absolute atomic E-state index is 0. The first-order valence-corrected chi connectivity index (χ1v) is 19.6. The van der Waals surface area contributed by atoms with Crippen LogP contribution in [0.15, 0.2) is 75.1 Å². The molecular weight excluding hydrogens is 655 g/mol. The third-order valence-electron chi connectivity index (χ3n) is 9.62. The maximum absolute atomic E-state index is 2.68. The third kappa shape index (κ3) is 6.78. The van der Waals surface area contributed by atoms with Crippen molar-refractivity contribution >= 4 is 6.48 Å². The van der Waals surface area contributed by atoms with E-state index in [-0.39, 0.29) is 41.1 Å². The monoisotopic (exact) mass is 704 g/mol. The van der Waals surface area contributed by atoms with Crippen LogP contribution in [0.4, 0.5) is 0 Å². The van der Waals surface area contributed by atoms with Gasteiger partial charge in [-0.3, -0.25) is 0 Å². The predicted molar refractivity (Wildman–Crippen MR) is 182 cm³/mol. The second-order valence-corrected chi connectivity index (χ2v) is 22.3. The molecule has 1 unspecified atom stereocenters. The van der Waals surface area contributed by atoms with Gasteiger partial charge in [-0.2, -0.15) is 0 Å². The van der Waals surface area contributed by atoms with Crippen LogP contribution in [0.3, 0.4) is 0 Å². The zero-order valence-corrected chi connectivity index (χ0v) is 33.3. The van der Waals surface area contributed by atoms with E-state index < -0.39 is 21.3 Å². The van der Waals surface area contributed by atoms with Crippen molar-refractivity contribution in [2.24, 2.45) is 11.3 Å². The molecule has 0 radical (unpaired) electrons. The van der Waals surface area contributed by atoms with E-state index in [1.807, 2.05) is 0 Å². The fraction of sp³-hybridized carbons (Fsp3) is 0.439. The summed E-state index contributed by atoms with van der Waals surface area (Å²) in [6.45, 7) is 31.1. The van der Waals surface area contributed by atoms with Gasteiger partial charge in [-0.15, -0.1) is 0 Å². The maximum atomic E-state index is 2.61. The van der Waals surface area contributed by atoms with E-state index in [0.717, 1.165) is 6.42 Å². The van der Waals surface area contributed by atoms with Crippen molar-refractivity contribution < 1.29 is 46.1 Å². The van der Waals surface area contributed by atoms with Crippen molar-refractivity contribution in [1.29, 1.82) is 0 Å². The molecule has 44 heavy (non-hydrogen) atoms. The van der Waals surface area contributed by atoms with Crippen LogP contribution in [-0.4, -0.2) is 3.21 Å². The fourth-order valence-electron chi connectivity index (χ4n) is 7.30. The summed E-state index contributed by atoms with van der Waals surface area (Å²) in [7, 11) is 0. The predicted octanol–water partition coefficient (Wildman–Crippen LogP) is 4.55. The molecule has 2 aliphatic carbocycles. The van der Waals surface area contributed by atoms with Crippen LogP contribution in [0.2, 0.25) is 0 Å². The molecule has 1 atom stereocenters. The standard InChI is InChI=1S/C21H25.C11H17.C9H10.2ClH.Zr/c1-20(2,3)16-7-9-18-14(12-16)11-15-13-17(21(4,5)6)8-10-19(15)18;1-8-6-9(2)10(7-8)11(3,4)5;1-3-9-6-4-8(2)5-7-9;;;/h7-10,12H,11H2,1-6H3;7-8H,1-5H3;4-7H,1-2H3;2*1H;/q;;;;;+2/p-2. The minimum Gasteiger partial charge on any atom is -1.00 e. The summed E-state index contributed by atoms with van der Waals surface area (Å²) in [5, 5.41) is 0. The molecule has 0 heterocycles. The van der Waals surface area contributed by atoms with Crippen LogP contribution in [0.5, 0.6) is 0 Å². The van der Waals surface area contributed by atoms with Crippen LogP contribution < -0.4 is 28.1 Å². The Hall–Kier alpha value is -1.53. The van der Waals surface area contributed by atoms with Gasteiger partial charge in [0, 0.05) is 0 Å². The number of benzene rings is 3. The molecule has 0 nitrogen and oxygen atoms in total. The number of aryl methyl sites for hydroxylation is 1. The zero-order valence-electron chi connectivity index (χ0n) is 29.3. The molecule has 234 valence electrons. The Kier molecular flexibility index (Phi) is 10.9. The van der Waals surface area contributed by atoms with Crippen molar-refractivity contribution in [1.82, 2.24) is 0 Å².